The molecular weight excluding hydrogens is 296 g/mol. The molecule has 4 heteroatoms. The van der Waals surface area contributed by atoms with E-state index in [9.17, 15) is 0 Å². The Labute approximate surface area is 114 Å². The molecule has 0 atom stereocenters. The molecule has 0 amide bonds. The average Bonchev–Trinajstić information content (AvgIpc) is 2.81. The van der Waals surface area contributed by atoms with Gasteiger partial charge in [0.2, 0.25) is 0 Å². The Morgan fingerprint density at radius 3 is 2.76 bits per heavy atom. The minimum absolute atomic E-state index is 0.577. The van der Waals surface area contributed by atoms with Gasteiger partial charge in [0.1, 0.15) is 0 Å². The van der Waals surface area contributed by atoms with E-state index in [0.717, 1.165) is 16.6 Å². The normalized spacial score (nSPS) is 10.5. The summed E-state index contributed by atoms with van der Waals surface area (Å²) < 4.78 is 1.10. The minimum Gasteiger partial charge on any atom is -0.369 e. The fraction of sp³-hybridized carbons (Fsp3) is 0.231. The second kappa shape index (κ2) is 5.67. The summed E-state index contributed by atoms with van der Waals surface area (Å²) in [6.07, 6.45) is 0. The first-order valence-electron chi connectivity index (χ1n) is 5.42. The van der Waals surface area contributed by atoms with Gasteiger partial charge in [0.25, 0.3) is 0 Å². The van der Waals surface area contributed by atoms with E-state index in [1.807, 2.05) is 0 Å². The first-order valence-corrected chi connectivity index (χ1v) is 7.10. The van der Waals surface area contributed by atoms with Crippen LogP contribution in [0, 0.1) is 0 Å². The van der Waals surface area contributed by atoms with E-state index in [2.05, 4.69) is 63.6 Å². The molecule has 1 aromatic carbocycles. The zero-order chi connectivity index (χ0) is 12.3. The molecule has 90 valence electrons. The number of nitrogens with two attached hydrogens (primary N) is 1. The number of rotatable bonds is 4. The number of hydrogen-bond acceptors (Lipinski definition) is 3. The predicted octanol–water partition coefficient (Wildman–Crippen LogP) is 3.61. The van der Waals surface area contributed by atoms with Crippen molar-refractivity contribution in [2.45, 2.75) is 13.1 Å². The van der Waals surface area contributed by atoms with E-state index in [4.69, 9.17) is 5.73 Å². The van der Waals surface area contributed by atoms with Crippen LogP contribution in [0.15, 0.2) is 40.2 Å². The topological polar surface area (TPSA) is 29.3 Å². The highest BCUT2D eigenvalue weighted by Gasteiger charge is 2.07. The van der Waals surface area contributed by atoms with Crippen molar-refractivity contribution in [2.24, 2.45) is 5.73 Å². The first kappa shape index (κ1) is 12.6. The molecule has 2 nitrogen and oxygen atoms in total. The Bertz CT molecular complexity index is 482. The molecule has 1 heterocycles. The van der Waals surface area contributed by atoms with Gasteiger partial charge in [-0.1, -0.05) is 12.1 Å². The van der Waals surface area contributed by atoms with Crippen molar-refractivity contribution < 1.29 is 0 Å². The van der Waals surface area contributed by atoms with Crippen molar-refractivity contribution in [1.82, 2.24) is 0 Å². The Kier molecular flexibility index (Phi) is 4.20. The van der Waals surface area contributed by atoms with Crippen molar-refractivity contribution in [1.29, 1.82) is 0 Å². The summed E-state index contributed by atoms with van der Waals surface area (Å²) in [5, 5.41) is 2.11. The molecule has 0 spiro atoms. The van der Waals surface area contributed by atoms with Crippen LogP contribution in [0.4, 0.5) is 5.69 Å². The third-order valence-corrected chi connectivity index (χ3v) is 4.13. The Hall–Kier alpha value is -0.840. The smallest absolute Gasteiger partial charge is 0.0519 e. The fourth-order valence-electron chi connectivity index (χ4n) is 1.71. The standard InChI is InChI=1S/C13H15BrN2S/c1-16(9-11-3-2-6-17-11)13-5-4-10(8-15)7-12(13)14/h2-7H,8-9,15H2,1H3. The number of thiophene rings is 1. The van der Waals surface area contributed by atoms with Crippen molar-refractivity contribution in [3.05, 3.63) is 50.6 Å². The quantitative estimate of drug-likeness (QED) is 0.935. The van der Waals surface area contributed by atoms with Crippen LogP contribution in [0.5, 0.6) is 0 Å². The Morgan fingerprint density at radius 1 is 1.35 bits per heavy atom. The van der Waals surface area contributed by atoms with Crippen molar-refractivity contribution in [2.75, 3.05) is 11.9 Å². The molecule has 0 aliphatic heterocycles. The van der Waals surface area contributed by atoms with E-state index in [0.29, 0.717) is 6.54 Å². The number of nitrogens with zero attached hydrogens (tertiary/aromatic N) is 1. The molecule has 0 saturated heterocycles. The molecule has 2 aromatic rings. The molecule has 0 aliphatic rings. The Morgan fingerprint density at radius 2 is 2.18 bits per heavy atom. The molecule has 17 heavy (non-hydrogen) atoms. The third-order valence-electron chi connectivity index (χ3n) is 2.63. The van der Waals surface area contributed by atoms with E-state index < -0.39 is 0 Å². The highest BCUT2D eigenvalue weighted by atomic mass is 79.9. The highest BCUT2D eigenvalue weighted by molar-refractivity contribution is 9.10. The lowest BCUT2D eigenvalue weighted by Crippen LogP contribution is -2.16. The summed E-state index contributed by atoms with van der Waals surface area (Å²) in [5.74, 6) is 0. The van der Waals surface area contributed by atoms with E-state index in [1.54, 1.807) is 11.3 Å². The molecule has 0 radical (unpaired) electrons. The molecule has 1 aromatic heterocycles. The van der Waals surface area contributed by atoms with Crippen LogP contribution in [0.2, 0.25) is 0 Å². The zero-order valence-corrected chi connectivity index (χ0v) is 12.1. The predicted molar refractivity (Wildman–Crippen MR) is 78.5 cm³/mol. The first-order chi connectivity index (χ1) is 8.20. The molecule has 0 bridgehead atoms. The number of hydrogen-bond donors (Lipinski definition) is 1. The summed E-state index contributed by atoms with van der Waals surface area (Å²) in [7, 11) is 2.10. The second-order valence-electron chi connectivity index (χ2n) is 3.93. The van der Waals surface area contributed by atoms with Gasteiger partial charge in [0.05, 0.1) is 12.2 Å². The number of anilines is 1. The number of halogens is 1. The third kappa shape index (κ3) is 3.09. The molecular formula is C13H15BrN2S. The van der Waals surface area contributed by atoms with Crippen LogP contribution in [0.1, 0.15) is 10.4 Å². The maximum absolute atomic E-state index is 5.62. The highest BCUT2D eigenvalue weighted by Crippen LogP contribution is 2.28. The summed E-state index contributed by atoms with van der Waals surface area (Å²) in [4.78, 5) is 3.60. The van der Waals surface area contributed by atoms with Gasteiger partial charge in [0, 0.05) is 22.9 Å². The minimum atomic E-state index is 0.577. The van der Waals surface area contributed by atoms with Crippen LogP contribution in [0.3, 0.4) is 0 Å². The maximum Gasteiger partial charge on any atom is 0.0519 e. The van der Waals surface area contributed by atoms with Crippen LogP contribution in [-0.2, 0) is 13.1 Å². The van der Waals surface area contributed by atoms with Crippen LogP contribution in [-0.4, -0.2) is 7.05 Å². The molecule has 0 saturated carbocycles. The van der Waals surface area contributed by atoms with E-state index >= 15 is 0 Å². The summed E-state index contributed by atoms with van der Waals surface area (Å²) in [6.45, 7) is 1.51. The molecule has 0 aliphatic carbocycles. The van der Waals surface area contributed by atoms with Crippen LogP contribution >= 0.6 is 27.3 Å². The van der Waals surface area contributed by atoms with Gasteiger partial charge >= 0.3 is 0 Å². The van der Waals surface area contributed by atoms with Crippen molar-refractivity contribution in [3.8, 4) is 0 Å². The molecule has 0 unspecified atom stereocenters. The van der Waals surface area contributed by atoms with Gasteiger partial charge in [0.15, 0.2) is 0 Å². The summed E-state index contributed by atoms with van der Waals surface area (Å²) in [5.41, 5.74) is 7.96. The van der Waals surface area contributed by atoms with Crippen LogP contribution < -0.4 is 10.6 Å². The van der Waals surface area contributed by atoms with Gasteiger partial charge in [-0.15, -0.1) is 11.3 Å². The molecule has 2 rings (SSSR count). The average molecular weight is 311 g/mol. The molecule has 0 fully saturated rings. The zero-order valence-electron chi connectivity index (χ0n) is 9.69. The van der Waals surface area contributed by atoms with Gasteiger partial charge in [-0.3, -0.25) is 0 Å². The van der Waals surface area contributed by atoms with Crippen molar-refractivity contribution in [3.63, 3.8) is 0 Å². The monoisotopic (exact) mass is 310 g/mol. The van der Waals surface area contributed by atoms with E-state index in [-0.39, 0.29) is 0 Å². The van der Waals surface area contributed by atoms with Gasteiger partial charge < -0.3 is 10.6 Å². The van der Waals surface area contributed by atoms with Gasteiger partial charge in [-0.2, -0.15) is 0 Å². The largest absolute Gasteiger partial charge is 0.369 e. The van der Waals surface area contributed by atoms with Crippen molar-refractivity contribution >= 4 is 33.0 Å². The Balaban J connectivity index is 2.16. The summed E-state index contributed by atoms with van der Waals surface area (Å²) >= 11 is 5.38. The SMILES string of the molecule is CN(Cc1cccs1)c1ccc(CN)cc1Br. The molecule has 2 N–H and O–H groups in total. The maximum atomic E-state index is 5.62. The lowest BCUT2D eigenvalue weighted by Gasteiger charge is -2.20. The van der Waals surface area contributed by atoms with Gasteiger partial charge in [-0.05, 0) is 45.1 Å². The van der Waals surface area contributed by atoms with E-state index in [1.165, 1.54) is 10.6 Å². The van der Waals surface area contributed by atoms with Gasteiger partial charge in [-0.25, -0.2) is 0 Å². The fourth-order valence-corrected chi connectivity index (χ4v) is 3.19. The summed E-state index contributed by atoms with van der Waals surface area (Å²) in [6, 6.07) is 10.5. The number of benzene rings is 1. The lowest BCUT2D eigenvalue weighted by atomic mass is 10.2. The lowest BCUT2D eigenvalue weighted by molar-refractivity contribution is 0.934. The second-order valence-corrected chi connectivity index (χ2v) is 5.81. The van der Waals surface area contributed by atoms with Crippen LogP contribution in [0.25, 0.3) is 0 Å².